The lowest BCUT2D eigenvalue weighted by Crippen LogP contribution is -2.45. The Morgan fingerprint density at radius 2 is 1.50 bits per heavy atom. The number of carbonyl (C=O) groups is 2. The summed E-state index contributed by atoms with van der Waals surface area (Å²) < 4.78 is 101. The molecule has 0 bridgehead atoms. The number of sulfone groups is 1. The predicted octanol–water partition coefficient (Wildman–Crippen LogP) is 5.56. The second-order valence-electron chi connectivity index (χ2n) is 9.14. The molecule has 0 spiro atoms. The minimum Gasteiger partial charge on any atom is -0.480 e. The molecule has 0 unspecified atom stereocenters. The fourth-order valence-electron chi connectivity index (χ4n) is 3.49. The highest BCUT2D eigenvalue weighted by atomic mass is 32.2. The number of nitrogens with zero attached hydrogens (tertiary/aromatic N) is 1. The number of carboxylic acid groups (broad SMARTS) is 1. The van der Waals surface area contributed by atoms with E-state index in [2.05, 4.69) is 5.32 Å². The molecule has 0 saturated carbocycles. The molecule has 0 aliphatic heterocycles. The number of benzene rings is 2. The number of carboxylic acids is 1. The van der Waals surface area contributed by atoms with Crippen LogP contribution in [0.15, 0.2) is 53.4 Å². The average Bonchev–Trinajstić information content (AvgIpc) is 2.89. The zero-order valence-corrected chi connectivity index (χ0v) is 23.5. The van der Waals surface area contributed by atoms with Gasteiger partial charge in [-0.1, -0.05) is 49.7 Å². The molecule has 2 rings (SSSR count). The molecule has 3 N–H and O–H groups in total. The lowest BCUT2D eigenvalue weighted by Gasteiger charge is -2.26. The second-order valence-corrected chi connectivity index (χ2v) is 11.2. The summed E-state index contributed by atoms with van der Waals surface area (Å²) >= 11 is 0. The SMILES string of the molecule is CCCCC(=O)NCC#N.CS(=O)(=O)c1ccc(-c2ccc([C@H](N[C@@H](CCC(F)(F)F)C(=O)O)C(F)(F)F)cc2)cc1. The van der Waals surface area contributed by atoms with Crippen molar-refractivity contribution < 1.29 is 49.5 Å². The van der Waals surface area contributed by atoms with E-state index in [0.29, 0.717) is 17.5 Å². The van der Waals surface area contributed by atoms with Crippen LogP contribution in [-0.4, -0.2) is 56.6 Å². The Labute approximate surface area is 239 Å². The maximum Gasteiger partial charge on any atom is 0.407 e. The molecule has 42 heavy (non-hydrogen) atoms. The molecule has 8 nitrogen and oxygen atoms in total. The molecule has 0 aliphatic rings. The molecular weight excluding hydrogens is 592 g/mol. The van der Waals surface area contributed by atoms with Crippen molar-refractivity contribution in [2.24, 2.45) is 0 Å². The molecule has 0 saturated heterocycles. The largest absolute Gasteiger partial charge is 0.480 e. The van der Waals surface area contributed by atoms with E-state index in [-0.39, 0.29) is 22.9 Å². The van der Waals surface area contributed by atoms with Gasteiger partial charge in [0.25, 0.3) is 0 Å². The number of hydrogen-bond donors (Lipinski definition) is 3. The van der Waals surface area contributed by atoms with Gasteiger partial charge in [0.1, 0.15) is 18.6 Å². The van der Waals surface area contributed by atoms with Crippen molar-refractivity contribution in [3.05, 3.63) is 54.1 Å². The van der Waals surface area contributed by atoms with Crippen LogP contribution in [0.1, 0.15) is 50.6 Å². The summed E-state index contributed by atoms with van der Waals surface area (Å²) in [6, 6.07) is 7.70. The van der Waals surface area contributed by atoms with Gasteiger partial charge in [-0.15, -0.1) is 0 Å². The lowest BCUT2D eigenvalue weighted by atomic mass is 9.99. The first kappa shape index (κ1) is 36.4. The number of carbonyl (C=O) groups excluding carboxylic acids is 1. The number of nitriles is 1. The third-order valence-corrected chi connectivity index (χ3v) is 6.82. The van der Waals surface area contributed by atoms with Gasteiger partial charge in [-0.25, -0.2) is 8.42 Å². The first-order valence-corrected chi connectivity index (χ1v) is 14.4. The maximum absolute atomic E-state index is 13.5. The number of hydrogen-bond acceptors (Lipinski definition) is 6. The van der Waals surface area contributed by atoms with E-state index in [9.17, 15) is 44.3 Å². The normalized spacial score (nSPS) is 13.2. The average molecular weight is 624 g/mol. The van der Waals surface area contributed by atoms with Crippen LogP contribution in [0.2, 0.25) is 0 Å². The van der Waals surface area contributed by atoms with E-state index < -0.39 is 53.1 Å². The summed E-state index contributed by atoms with van der Waals surface area (Å²) in [6.45, 7) is 2.15. The molecule has 2 aromatic carbocycles. The van der Waals surface area contributed by atoms with E-state index >= 15 is 0 Å². The van der Waals surface area contributed by atoms with E-state index in [0.717, 1.165) is 31.2 Å². The van der Waals surface area contributed by atoms with Crippen LogP contribution in [0.4, 0.5) is 26.3 Å². The van der Waals surface area contributed by atoms with E-state index in [1.807, 2.05) is 13.0 Å². The predicted molar refractivity (Wildman–Crippen MR) is 142 cm³/mol. The molecule has 15 heteroatoms. The van der Waals surface area contributed by atoms with E-state index in [4.69, 9.17) is 10.4 Å². The number of aliphatic carboxylic acids is 1. The second kappa shape index (κ2) is 16.1. The Bertz CT molecular complexity index is 1310. The topological polar surface area (TPSA) is 136 Å². The third-order valence-electron chi connectivity index (χ3n) is 5.69. The maximum atomic E-state index is 13.5. The summed E-state index contributed by atoms with van der Waals surface area (Å²) in [4.78, 5) is 22.0. The van der Waals surface area contributed by atoms with E-state index in [1.165, 1.54) is 36.4 Å². The molecule has 0 aliphatic carbocycles. The molecule has 2 aromatic rings. The van der Waals surface area contributed by atoms with Gasteiger partial charge in [-0.3, -0.25) is 14.9 Å². The van der Waals surface area contributed by atoms with Gasteiger partial charge >= 0.3 is 18.3 Å². The standard InChI is InChI=1S/C20H19F6NO4S.C7H12N2O/c1-32(30,31)15-8-6-13(7-9-15)12-2-4-14(5-3-12)17(20(24,25)26)27-16(18(28)29)10-11-19(21,22)23;1-2-3-4-7(10)9-6-5-8/h2-9,16-17,27H,10-11H2,1H3,(H,28,29);2-4,6H2,1H3,(H,9,10)/t16-,17-;/m0./s1. The van der Waals surface area contributed by atoms with Crippen LogP contribution in [0.3, 0.4) is 0 Å². The minimum atomic E-state index is -4.97. The number of rotatable bonds is 12. The quantitative estimate of drug-likeness (QED) is 0.208. The van der Waals surface area contributed by atoms with Crippen molar-refractivity contribution in [1.29, 1.82) is 5.26 Å². The molecule has 0 radical (unpaired) electrons. The Balaban J connectivity index is 0.000000752. The van der Waals surface area contributed by atoms with Gasteiger partial charge in [-0.2, -0.15) is 31.6 Å². The molecule has 232 valence electrons. The fourth-order valence-corrected chi connectivity index (χ4v) is 4.12. The summed E-state index contributed by atoms with van der Waals surface area (Å²) in [5, 5.41) is 21.4. The van der Waals surface area contributed by atoms with Crippen LogP contribution in [0, 0.1) is 11.3 Å². The molecular formula is C27H31F6N3O5S. The van der Waals surface area contributed by atoms with Crippen LogP contribution in [0.25, 0.3) is 11.1 Å². The van der Waals surface area contributed by atoms with Crippen molar-refractivity contribution in [2.75, 3.05) is 12.8 Å². The number of alkyl halides is 6. The monoisotopic (exact) mass is 623 g/mol. The number of amides is 1. The Morgan fingerprint density at radius 1 is 0.976 bits per heavy atom. The van der Waals surface area contributed by atoms with Gasteiger partial charge in [0.05, 0.1) is 11.0 Å². The summed E-state index contributed by atoms with van der Waals surface area (Å²) in [5.74, 6) is -1.85. The fraction of sp³-hybridized carbons (Fsp3) is 0.444. The van der Waals surface area contributed by atoms with Gasteiger partial charge in [0, 0.05) is 19.1 Å². The highest BCUT2D eigenvalue weighted by Crippen LogP contribution is 2.35. The molecule has 0 heterocycles. The van der Waals surface area contributed by atoms with Gasteiger partial charge in [0.15, 0.2) is 9.84 Å². The molecule has 0 fully saturated rings. The van der Waals surface area contributed by atoms with E-state index in [1.54, 1.807) is 5.32 Å². The smallest absolute Gasteiger partial charge is 0.407 e. The Kier molecular flexibility index (Phi) is 14.0. The zero-order chi connectivity index (χ0) is 32.1. The highest BCUT2D eigenvalue weighted by Gasteiger charge is 2.43. The Hall–Kier alpha value is -3.64. The molecule has 0 aromatic heterocycles. The van der Waals surface area contributed by atoms with Gasteiger partial charge in [-0.05, 0) is 41.7 Å². The van der Waals surface area contributed by atoms with Crippen molar-refractivity contribution >= 4 is 21.7 Å². The minimum absolute atomic E-state index is 0.0246. The van der Waals surface area contributed by atoms with Crippen LogP contribution in [0.5, 0.6) is 0 Å². The summed E-state index contributed by atoms with van der Waals surface area (Å²) in [7, 11) is -3.42. The van der Waals surface area contributed by atoms with Crippen molar-refractivity contribution in [1.82, 2.24) is 10.6 Å². The van der Waals surface area contributed by atoms with Crippen LogP contribution < -0.4 is 10.6 Å². The third kappa shape index (κ3) is 13.3. The summed E-state index contributed by atoms with van der Waals surface area (Å²) in [5.41, 5.74) is 0.600. The van der Waals surface area contributed by atoms with Crippen molar-refractivity contribution in [3.63, 3.8) is 0 Å². The van der Waals surface area contributed by atoms with Crippen molar-refractivity contribution in [2.45, 2.75) is 68.4 Å². The number of nitrogens with one attached hydrogen (secondary N) is 2. The number of unbranched alkanes of at least 4 members (excludes halogenated alkanes) is 1. The highest BCUT2D eigenvalue weighted by molar-refractivity contribution is 7.90. The molecule has 2 atom stereocenters. The first-order valence-electron chi connectivity index (χ1n) is 12.6. The van der Waals surface area contributed by atoms with Crippen LogP contribution >= 0.6 is 0 Å². The molecule has 1 amide bonds. The van der Waals surface area contributed by atoms with Crippen LogP contribution in [-0.2, 0) is 19.4 Å². The Morgan fingerprint density at radius 3 is 1.90 bits per heavy atom. The first-order chi connectivity index (χ1) is 19.4. The number of halogens is 6. The van der Waals surface area contributed by atoms with Gasteiger partial charge in [0.2, 0.25) is 5.91 Å². The summed E-state index contributed by atoms with van der Waals surface area (Å²) in [6.07, 6.45) is -8.81. The zero-order valence-electron chi connectivity index (χ0n) is 22.7. The van der Waals surface area contributed by atoms with Crippen molar-refractivity contribution in [3.8, 4) is 17.2 Å². The van der Waals surface area contributed by atoms with Gasteiger partial charge < -0.3 is 10.4 Å². The lowest BCUT2D eigenvalue weighted by molar-refractivity contribution is -0.165.